The normalized spacial score (nSPS) is 14.7. The summed E-state index contributed by atoms with van der Waals surface area (Å²) in [6.45, 7) is 0. The molecule has 0 heterocycles. The second kappa shape index (κ2) is 5.73. The van der Waals surface area contributed by atoms with Crippen molar-refractivity contribution in [3.8, 4) is 0 Å². The summed E-state index contributed by atoms with van der Waals surface area (Å²) in [6, 6.07) is 6.54. The van der Waals surface area contributed by atoms with E-state index in [4.69, 9.17) is 4.74 Å². The van der Waals surface area contributed by atoms with Gasteiger partial charge in [0.15, 0.2) is 0 Å². The molecular formula is C13H13NO3S. The molecule has 18 heavy (non-hydrogen) atoms. The molecule has 4 nitrogen and oxygen atoms in total. The van der Waals surface area contributed by atoms with Crippen LogP contribution < -0.4 is 0 Å². The predicted molar refractivity (Wildman–Crippen MR) is 71.4 cm³/mol. The van der Waals surface area contributed by atoms with Crippen LogP contribution in [0, 0.1) is 10.1 Å². The van der Waals surface area contributed by atoms with Gasteiger partial charge in [-0.1, -0.05) is 17.8 Å². The monoisotopic (exact) mass is 263 g/mol. The lowest BCUT2D eigenvalue weighted by Gasteiger charge is -2.14. The Morgan fingerprint density at radius 2 is 2.06 bits per heavy atom. The lowest BCUT2D eigenvalue weighted by molar-refractivity contribution is -0.384. The van der Waals surface area contributed by atoms with Gasteiger partial charge in [0.05, 0.1) is 12.0 Å². The third-order valence-electron chi connectivity index (χ3n) is 2.60. The minimum absolute atomic E-state index is 0.111. The van der Waals surface area contributed by atoms with Crippen molar-refractivity contribution >= 4 is 17.4 Å². The molecule has 0 atom stereocenters. The minimum Gasteiger partial charge on any atom is -0.500 e. The third kappa shape index (κ3) is 2.92. The SMILES string of the molecule is COC1=C(Sc2ccc([N+](=O)[O-])cc2)C=CCC1. The summed E-state index contributed by atoms with van der Waals surface area (Å²) >= 11 is 1.56. The molecule has 0 amide bonds. The van der Waals surface area contributed by atoms with Crippen LogP contribution in [0.3, 0.4) is 0 Å². The molecule has 1 aromatic carbocycles. The molecule has 0 saturated heterocycles. The van der Waals surface area contributed by atoms with Gasteiger partial charge in [-0.15, -0.1) is 0 Å². The van der Waals surface area contributed by atoms with Gasteiger partial charge in [0.2, 0.25) is 0 Å². The fourth-order valence-electron chi connectivity index (χ4n) is 1.68. The summed E-state index contributed by atoms with van der Waals surface area (Å²) in [5, 5.41) is 10.6. The zero-order valence-electron chi connectivity index (χ0n) is 9.96. The molecule has 0 spiro atoms. The molecule has 1 aliphatic rings. The average molecular weight is 263 g/mol. The van der Waals surface area contributed by atoms with Gasteiger partial charge >= 0.3 is 0 Å². The fraction of sp³-hybridized carbons (Fsp3) is 0.231. The maximum Gasteiger partial charge on any atom is 0.269 e. The summed E-state index contributed by atoms with van der Waals surface area (Å²) in [7, 11) is 1.67. The van der Waals surface area contributed by atoms with Crippen molar-refractivity contribution in [1.29, 1.82) is 0 Å². The zero-order valence-corrected chi connectivity index (χ0v) is 10.8. The maximum atomic E-state index is 10.6. The van der Waals surface area contributed by atoms with E-state index in [1.54, 1.807) is 31.0 Å². The molecule has 0 N–H and O–H groups in total. The first-order valence-electron chi connectivity index (χ1n) is 5.56. The topological polar surface area (TPSA) is 52.4 Å². The highest BCUT2D eigenvalue weighted by Gasteiger charge is 2.11. The van der Waals surface area contributed by atoms with Crippen LogP contribution in [0.2, 0.25) is 0 Å². The molecule has 0 saturated carbocycles. The molecule has 5 heteroatoms. The van der Waals surface area contributed by atoms with Gasteiger partial charge in [-0.3, -0.25) is 10.1 Å². The molecular weight excluding hydrogens is 250 g/mol. The molecule has 0 aromatic heterocycles. The van der Waals surface area contributed by atoms with Gasteiger partial charge in [0.25, 0.3) is 5.69 Å². The number of rotatable bonds is 4. The van der Waals surface area contributed by atoms with Gasteiger partial charge in [-0.2, -0.15) is 0 Å². The summed E-state index contributed by atoms with van der Waals surface area (Å²) in [5.41, 5.74) is 0.111. The highest BCUT2D eigenvalue weighted by Crippen LogP contribution is 2.34. The molecule has 0 unspecified atom stereocenters. The van der Waals surface area contributed by atoms with Crippen molar-refractivity contribution < 1.29 is 9.66 Å². The van der Waals surface area contributed by atoms with E-state index in [-0.39, 0.29) is 5.69 Å². The van der Waals surface area contributed by atoms with E-state index in [0.717, 1.165) is 28.4 Å². The van der Waals surface area contributed by atoms with Crippen LogP contribution in [-0.4, -0.2) is 12.0 Å². The minimum atomic E-state index is -0.394. The molecule has 0 aliphatic heterocycles. The lowest BCUT2D eigenvalue weighted by Crippen LogP contribution is -1.94. The standard InChI is InChI=1S/C13H13NO3S/c1-17-12-4-2-3-5-13(12)18-11-8-6-10(7-9-11)14(15)16/h3,5-9H,2,4H2,1H3. The van der Waals surface area contributed by atoms with Gasteiger partial charge in [-0.25, -0.2) is 0 Å². The Morgan fingerprint density at radius 1 is 1.33 bits per heavy atom. The highest BCUT2D eigenvalue weighted by atomic mass is 32.2. The Balaban J connectivity index is 2.16. The molecule has 94 valence electrons. The molecule has 0 radical (unpaired) electrons. The number of allylic oxidation sites excluding steroid dienone is 3. The number of nitrogens with zero attached hydrogens (tertiary/aromatic N) is 1. The number of methoxy groups -OCH3 is 1. The first kappa shape index (κ1) is 12.7. The molecule has 2 rings (SSSR count). The zero-order chi connectivity index (χ0) is 13.0. The second-order valence-corrected chi connectivity index (χ2v) is 4.90. The van der Waals surface area contributed by atoms with Gasteiger partial charge in [-0.05, 0) is 24.6 Å². The van der Waals surface area contributed by atoms with Gasteiger partial charge in [0.1, 0.15) is 5.76 Å². The first-order valence-corrected chi connectivity index (χ1v) is 6.38. The van der Waals surface area contributed by atoms with E-state index >= 15 is 0 Å². The average Bonchev–Trinajstić information content (AvgIpc) is 2.40. The number of benzene rings is 1. The Morgan fingerprint density at radius 3 is 2.67 bits per heavy atom. The van der Waals surface area contributed by atoms with Crippen LogP contribution in [0.25, 0.3) is 0 Å². The Bertz CT molecular complexity index is 505. The van der Waals surface area contributed by atoms with Crippen molar-refractivity contribution in [2.75, 3.05) is 7.11 Å². The Hall–Kier alpha value is -1.75. The second-order valence-electron chi connectivity index (χ2n) is 3.79. The van der Waals surface area contributed by atoms with E-state index in [2.05, 4.69) is 6.08 Å². The quantitative estimate of drug-likeness (QED) is 0.610. The van der Waals surface area contributed by atoms with Crippen molar-refractivity contribution in [1.82, 2.24) is 0 Å². The van der Waals surface area contributed by atoms with E-state index < -0.39 is 4.92 Å². The molecule has 1 aliphatic carbocycles. The molecule has 0 fully saturated rings. The van der Waals surface area contributed by atoms with E-state index in [1.165, 1.54) is 12.1 Å². The Labute approximate surface area is 109 Å². The van der Waals surface area contributed by atoms with Crippen molar-refractivity contribution in [3.05, 3.63) is 57.2 Å². The lowest BCUT2D eigenvalue weighted by atomic mass is 10.2. The largest absolute Gasteiger partial charge is 0.500 e. The summed E-state index contributed by atoms with van der Waals surface area (Å²) < 4.78 is 5.34. The number of ether oxygens (including phenoxy) is 1. The predicted octanol–water partition coefficient (Wildman–Crippen LogP) is 3.89. The number of hydrogen-bond donors (Lipinski definition) is 0. The van der Waals surface area contributed by atoms with Crippen LogP contribution in [0.1, 0.15) is 12.8 Å². The van der Waals surface area contributed by atoms with Gasteiger partial charge in [0, 0.05) is 28.4 Å². The van der Waals surface area contributed by atoms with Crippen molar-refractivity contribution in [3.63, 3.8) is 0 Å². The fourth-order valence-corrected chi connectivity index (χ4v) is 2.67. The van der Waals surface area contributed by atoms with Crippen LogP contribution in [0.15, 0.2) is 52.0 Å². The van der Waals surface area contributed by atoms with Crippen LogP contribution in [-0.2, 0) is 4.74 Å². The highest BCUT2D eigenvalue weighted by molar-refractivity contribution is 8.03. The molecule has 1 aromatic rings. The van der Waals surface area contributed by atoms with Crippen LogP contribution in [0.4, 0.5) is 5.69 Å². The van der Waals surface area contributed by atoms with Crippen LogP contribution in [0.5, 0.6) is 0 Å². The number of thioether (sulfide) groups is 1. The first-order chi connectivity index (χ1) is 8.70. The van der Waals surface area contributed by atoms with E-state index in [1.807, 2.05) is 6.08 Å². The number of hydrogen-bond acceptors (Lipinski definition) is 4. The van der Waals surface area contributed by atoms with E-state index in [9.17, 15) is 10.1 Å². The van der Waals surface area contributed by atoms with Gasteiger partial charge < -0.3 is 4.74 Å². The van der Waals surface area contributed by atoms with E-state index in [0.29, 0.717) is 0 Å². The third-order valence-corrected chi connectivity index (χ3v) is 3.70. The molecule has 0 bridgehead atoms. The smallest absolute Gasteiger partial charge is 0.269 e. The number of non-ortho nitro benzene ring substituents is 1. The van der Waals surface area contributed by atoms with Crippen LogP contribution >= 0.6 is 11.8 Å². The number of nitro benzene ring substituents is 1. The maximum absolute atomic E-state index is 10.6. The van der Waals surface area contributed by atoms with Crippen molar-refractivity contribution in [2.24, 2.45) is 0 Å². The summed E-state index contributed by atoms with van der Waals surface area (Å²) in [6.07, 6.45) is 6.04. The number of nitro groups is 1. The summed E-state index contributed by atoms with van der Waals surface area (Å²) in [5.74, 6) is 0.973. The summed E-state index contributed by atoms with van der Waals surface area (Å²) in [4.78, 5) is 12.2. The Kier molecular flexibility index (Phi) is 4.04. The van der Waals surface area contributed by atoms with Crippen molar-refractivity contribution in [2.45, 2.75) is 17.7 Å².